The van der Waals surface area contributed by atoms with Gasteiger partial charge in [0.2, 0.25) is 5.28 Å². The number of benzene rings is 1. The zero-order chi connectivity index (χ0) is 12.3. The molecule has 0 radical (unpaired) electrons. The molecule has 1 aromatic carbocycles. The molecule has 1 heterocycles. The van der Waals surface area contributed by atoms with Crippen LogP contribution >= 0.6 is 27.5 Å². The summed E-state index contributed by atoms with van der Waals surface area (Å²) in [7, 11) is 0. The van der Waals surface area contributed by atoms with Gasteiger partial charge in [0.25, 0.3) is 5.91 Å². The van der Waals surface area contributed by atoms with Crippen molar-refractivity contribution in [2.24, 2.45) is 0 Å². The summed E-state index contributed by atoms with van der Waals surface area (Å²) in [5.41, 5.74) is 0.536. The highest BCUT2D eigenvalue weighted by Crippen LogP contribution is 2.13. The predicted molar refractivity (Wildman–Crippen MR) is 69.1 cm³/mol. The molecule has 0 saturated heterocycles. The number of nitrogens with one attached hydrogen (secondary N) is 1. The molecule has 0 aliphatic rings. The van der Waals surface area contributed by atoms with Crippen LogP contribution in [0.2, 0.25) is 5.28 Å². The quantitative estimate of drug-likeness (QED) is 0.867. The molecule has 0 aliphatic heterocycles. The van der Waals surface area contributed by atoms with Gasteiger partial charge in [-0.1, -0.05) is 22.0 Å². The van der Waals surface area contributed by atoms with Crippen LogP contribution in [0, 0.1) is 0 Å². The highest BCUT2D eigenvalue weighted by Gasteiger charge is 2.07. The Balaban J connectivity index is 2.17. The molecule has 0 aliphatic carbocycles. The Bertz CT molecular complexity index is 562. The molecule has 0 saturated carbocycles. The second-order valence-corrected chi connectivity index (χ2v) is 4.43. The lowest BCUT2D eigenvalue weighted by molar-refractivity contribution is 0.102. The molecule has 6 heteroatoms. The average Bonchev–Trinajstić information content (AvgIpc) is 2.29. The van der Waals surface area contributed by atoms with E-state index in [1.54, 1.807) is 24.3 Å². The summed E-state index contributed by atoms with van der Waals surface area (Å²) in [4.78, 5) is 19.4. The third kappa shape index (κ3) is 3.25. The van der Waals surface area contributed by atoms with Gasteiger partial charge in [-0.15, -0.1) is 0 Å². The predicted octanol–water partition coefficient (Wildman–Crippen LogP) is 3.14. The maximum atomic E-state index is 11.8. The van der Waals surface area contributed by atoms with Gasteiger partial charge in [-0.25, -0.2) is 9.97 Å². The smallest absolute Gasteiger partial charge is 0.256 e. The van der Waals surface area contributed by atoms with Gasteiger partial charge in [-0.05, 0) is 35.9 Å². The van der Waals surface area contributed by atoms with E-state index < -0.39 is 0 Å². The molecule has 0 bridgehead atoms. The Kier molecular flexibility index (Phi) is 3.71. The fraction of sp³-hybridized carbons (Fsp3) is 0. The lowest BCUT2D eigenvalue weighted by Crippen LogP contribution is -2.13. The number of halogens is 2. The van der Waals surface area contributed by atoms with Crippen molar-refractivity contribution in [2.45, 2.75) is 0 Å². The van der Waals surface area contributed by atoms with Crippen molar-refractivity contribution >= 4 is 39.3 Å². The molecule has 4 nitrogen and oxygen atoms in total. The van der Waals surface area contributed by atoms with E-state index in [1.807, 2.05) is 6.07 Å². The van der Waals surface area contributed by atoms with Crippen molar-refractivity contribution in [3.05, 3.63) is 51.8 Å². The van der Waals surface area contributed by atoms with Crippen molar-refractivity contribution < 1.29 is 4.79 Å². The van der Waals surface area contributed by atoms with Gasteiger partial charge < -0.3 is 5.32 Å². The first-order chi connectivity index (χ1) is 8.15. The number of nitrogens with zero attached hydrogens (tertiary/aromatic N) is 2. The van der Waals surface area contributed by atoms with Crippen LogP contribution in [-0.4, -0.2) is 15.9 Å². The van der Waals surface area contributed by atoms with Crippen molar-refractivity contribution in [1.29, 1.82) is 0 Å². The topological polar surface area (TPSA) is 54.9 Å². The van der Waals surface area contributed by atoms with Gasteiger partial charge in [0.1, 0.15) is 5.82 Å². The maximum Gasteiger partial charge on any atom is 0.256 e. The Morgan fingerprint density at radius 3 is 2.88 bits per heavy atom. The van der Waals surface area contributed by atoms with Crippen LogP contribution in [0.4, 0.5) is 5.82 Å². The van der Waals surface area contributed by atoms with Crippen molar-refractivity contribution in [2.75, 3.05) is 5.32 Å². The SMILES string of the molecule is O=C(Nc1ccnc(Cl)n1)c1cccc(Br)c1. The summed E-state index contributed by atoms with van der Waals surface area (Å²) >= 11 is 8.92. The second kappa shape index (κ2) is 5.25. The molecule has 1 aromatic heterocycles. The Morgan fingerprint density at radius 1 is 1.35 bits per heavy atom. The zero-order valence-electron chi connectivity index (χ0n) is 8.52. The van der Waals surface area contributed by atoms with Gasteiger partial charge >= 0.3 is 0 Å². The first kappa shape index (κ1) is 12.0. The first-order valence-electron chi connectivity index (χ1n) is 4.70. The Labute approximate surface area is 111 Å². The first-order valence-corrected chi connectivity index (χ1v) is 5.88. The number of carbonyl (C=O) groups excluding carboxylic acids is 1. The number of carbonyl (C=O) groups is 1. The van der Waals surface area contributed by atoms with Crippen molar-refractivity contribution in [3.63, 3.8) is 0 Å². The Hall–Kier alpha value is -1.46. The minimum Gasteiger partial charge on any atom is -0.306 e. The molecular weight excluding hydrogens is 305 g/mol. The van der Waals surface area contributed by atoms with Gasteiger partial charge in [0, 0.05) is 16.2 Å². The molecule has 0 unspecified atom stereocenters. The molecule has 1 amide bonds. The second-order valence-electron chi connectivity index (χ2n) is 3.18. The van der Waals surface area contributed by atoms with Gasteiger partial charge in [0.15, 0.2) is 0 Å². The van der Waals surface area contributed by atoms with Crippen LogP contribution in [0.15, 0.2) is 41.0 Å². The molecule has 0 spiro atoms. The maximum absolute atomic E-state index is 11.8. The molecule has 1 N–H and O–H groups in total. The number of aromatic nitrogens is 2. The van der Waals surface area contributed by atoms with Gasteiger partial charge in [-0.2, -0.15) is 0 Å². The van der Waals surface area contributed by atoms with Crippen LogP contribution in [0.25, 0.3) is 0 Å². The fourth-order valence-electron chi connectivity index (χ4n) is 1.22. The van der Waals surface area contributed by atoms with E-state index in [-0.39, 0.29) is 11.2 Å². The molecule has 2 aromatic rings. The molecule has 2 rings (SSSR count). The third-order valence-electron chi connectivity index (χ3n) is 1.95. The highest BCUT2D eigenvalue weighted by molar-refractivity contribution is 9.10. The number of rotatable bonds is 2. The largest absolute Gasteiger partial charge is 0.306 e. The zero-order valence-corrected chi connectivity index (χ0v) is 10.9. The fourth-order valence-corrected chi connectivity index (χ4v) is 1.77. The average molecular weight is 313 g/mol. The van der Waals surface area contributed by atoms with E-state index in [9.17, 15) is 4.79 Å². The number of amides is 1. The minimum absolute atomic E-state index is 0.0945. The van der Waals surface area contributed by atoms with E-state index in [1.165, 1.54) is 6.20 Å². The summed E-state index contributed by atoms with van der Waals surface area (Å²) in [5.74, 6) is 0.121. The summed E-state index contributed by atoms with van der Waals surface area (Å²) < 4.78 is 0.839. The molecule has 0 fully saturated rings. The number of hydrogen-bond acceptors (Lipinski definition) is 3. The molecule has 17 heavy (non-hydrogen) atoms. The Morgan fingerprint density at radius 2 is 2.18 bits per heavy atom. The summed E-state index contributed by atoms with van der Waals surface area (Å²) in [6.07, 6.45) is 1.48. The number of anilines is 1. The van der Waals surface area contributed by atoms with E-state index in [0.29, 0.717) is 11.4 Å². The summed E-state index contributed by atoms with van der Waals surface area (Å²) in [5, 5.41) is 2.73. The van der Waals surface area contributed by atoms with Crippen LogP contribution in [0.5, 0.6) is 0 Å². The van der Waals surface area contributed by atoms with Crippen LogP contribution in [-0.2, 0) is 0 Å². The van der Waals surface area contributed by atoms with E-state index in [0.717, 1.165) is 4.47 Å². The third-order valence-corrected chi connectivity index (χ3v) is 2.63. The van der Waals surface area contributed by atoms with Crippen molar-refractivity contribution in [3.8, 4) is 0 Å². The van der Waals surface area contributed by atoms with Crippen LogP contribution in [0.3, 0.4) is 0 Å². The van der Waals surface area contributed by atoms with Crippen LogP contribution < -0.4 is 5.32 Å². The number of hydrogen-bond donors (Lipinski definition) is 1. The highest BCUT2D eigenvalue weighted by atomic mass is 79.9. The van der Waals surface area contributed by atoms with Crippen LogP contribution in [0.1, 0.15) is 10.4 Å². The monoisotopic (exact) mass is 311 g/mol. The molecule has 86 valence electrons. The minimum atomic E-state index is -0.249. The van der Waals surface area contributed by atoms with Gasteiger partial charge in [0.05, 0.1) is 0 Å². The molecular formula is C11H7BrClN3O. The summed E-state index contributed by atoms with van der Waals surface area (Å²) in [6.45, 7) is 0. The van der Waals surface area contributed by atoms with E-state index >= 15 is 0 Å². The summed E-state index contributed by atoms with van der Waals surface area (Å²) in [6, 6.07) is 8.63. The normalized spacial score (nSPS) is 10.0. The standard InChI is InChI=1S/C11H7BrClN3O/c12-8-3-1-2-7(6-8)10(17)15-9-4-5-14-11(13)16-9/h1-6H,(H,14,15,16,17). The molecule has 0 atom stereocenters. The van der Waals surface area contributed by atoms with Gasteiger partial charge in [-0.3, -0.25) is 4.79 Å². The van der Waals surface area contributed by atoms with E-state index in [2.05, 4.69) is 31.2 Å². The van der Waals surface area contributed by atoms with Crippen molar-refractivity contribution in [1.82, 2.24) is 9.97 Å². The lowest BCUT2D eigenvalue weighted by atomic mass is 10.2. The lowest BCUT2D eigenvalue weighted by Gasteiger charge is -2.04. The van der Waals surface area contributed by atoms with E-state index in [4.69, 9.17) is 11.6 Å².